The lowest BCUT2D eigenvalue weighted by Crippen LogP contribution is -2.44. The molecule has 109 valence electrons. The molecule has 1 radical (unpaired) electrons. The summed E-state index contributed by atoms with van der Waals surface area (Å²) in [5, 5.41) is 0. The van der Waals surface area contributed by atoms with Gasteiger partial charge in [0.05, 0.1) is 18.3 Å². The van der Waals surface area contributed by atoms with E-state index in [2.05, 4.69) is 9.88 Å². The molecule has 2 N–H and O–H groups in total. The normalized spacial score (nSPS) is 28.8. The number of aromatic nitrogens is 1. The third kappa shape index (κ3) is 2.73. The van der Waals surface area contributed by atoms with Crippen LogP contribution < -0.4 is 5.73 Å². The minimum Gasteiger partial charge on any atom is -0.447 e. The van der Waals surface area contributed by atoms with Crippen molar-refractivity contribution in [1.29, 1.82) is 0 Å². The largest absolute Gasteiger partial charge is 0.447 e. The van der Waals surface area contributed by atoms with Crippen molar-refractivity contribution in [2.45, 2.75) is 50.6 Å². The number of amides is 1. The van der Waals surface area contributed by atoms with Gasteiger partial charge in [-0.1, -0.05) is 19.3 Å². The van der Waals surface area contributed by atoms with Crippen LogP contribution in [0.25, 0.3) is 0 Å². The fraction of sp³-hybridized carbons (Fsp3) is 0.667. The maximum absolute atomic E-state index is 11.7. The molecule has 5 heteroatoms. The second-order valence-electron chi connectivity index (χ2n) is 5.91. The van der Waals surface area contributed by atoms with Crippen LogP contribution in [0.5, 0.6) is 0 Å². The van der Waals surface area contributed by atoms with E-state index in [-0.39, 0.29) is 18.0 Å². The fourth-order valence-electron chi connectivity index (χ4n) is 3.55. The number of hydrogen-bond donors (Lipinski definition) is 1. The van der Waals surface area contributed by atoms with Crippen molar-refractivity contribution in [3.63, 3.8) is 0 Å². The molecule has 2 fully saturated rings. The third-order valence-electron chi connectivity index (χ3n) is 4.56. The molecule has 1 aromatic rings. The summed E-state index contributed by atoms with van der Waals surface area (Å²) in [5.74, 6) is 1.09. The van der Waals surface area contributed by atoms with Crippen molar-refractivity contribution < 1.29 is 9.21 Å². The number of likely N-dealkylation sites (tertiary alicyclic amines) is 1. The van der Waals surface area contributed by atoms with E-state index in [0.29, 0.717) is 11.8 Å². The van der Waals surface area contributed by atoms with Gasteiger partial charge in [-0.2, -0.15) is 0 Å². The lowest BCUT2D eigenvalue weighted by atomic mass is 9.88. The highest BCUT2D eigenvalue weighted by Gasteiger charge is 2.40. The zero-order valence-corrected chi connectivity index (χ0v) is 11.7. The van der Waals surface area contributed by atoms with Crippen molar-refractivity contribution in [3.05, 3.63) is 24.8 Å². The molecule has 2 aliphatic rings. The van der Waals surface area contributed by atoms with Crippen LogP contribution in [0, 0.1) is 12.3 Å². The zero-order chi connectivity index (χ0) is 13.9. The molecule has 1 aliphatic carbocycles. The average Bonchev–Trinajstić information content (AvgIpc) is 3.08. The third-order valence-corrected chi connectivity index (χ3v) is 4.56. The van der Waals surface area contributed by atoms with Crippen molar-refractivity contribution in [2.75, 3.05) is 6.54 Å². The van der Waals surface area contributed by atoms with E-state index in [4.69, 9.17) is 10.2 Å². The van der Waals surface area contributed by atoms with E-state index in [1.807, 2.05) is 6.42 Å². The minimum atomic E-state index is -0.283. The molecular weight excluding hydrogens is 254 g/mol. The lowest BCUT2D eigenvalue weighted by molar-refractivity contribution is -0.122. The molecule has 0 aromatic carbocycles. The summed E-state index contributed by atoms with van der Waals surface area (Å²) in [4.78, 5) is 18.1. The number of primary amides is 1. The smallest absolute Gasteiger partial charge is 0.235 e. The van der Waals surface area contributed by atoms with Gasteiger partial charge in [-0.3, -0.25) is 9.69 Å². The summed E-state index contributed by atoms with van der Waals surface area (Å²) in [6.45, 7) is 0.914. The van der Waals surface area contributed by atoms with Crippen molar-refractivity contribution in [3.8, 4) is 0 Å². The summed E-state index contributed by atoms with van der Waals surface area (Å²) in [5.41, 5.74) is 5.55. The first-order valence-electron chi connectivity index (χ1n) is 7.53. The molecule has 1 unspecified atom stereocenters. The first kappa shape index (κ1) is 13.6. The average molecular weight is 276 g/mol. The first-order valence-corrected chi connectivity index (χ1v) is 7.53. The van der Waals surface area contributed by atoms with E-state index in [0.717, 1.165) is 13.0 Å². The van der Waals surface area contributed by atoms with Gasteiger partial charge in [0.25, 0.3) is 0 Å². The summed E-state index contributed by atoms with van der Waals surface area (Å²) in [7, 11) is 0. The Morgan fingerprint density at radius 2 is 2.20 bits per heavy atom. The second kappa shape index (κ2) is 5.95. The SMILES string of the molecule is NC(=O)C1[CH]C[C@@H](c2ncco2)N1CC1CCCCC1. The fourth-order valence-corrected chi connectivity index (χ4v) is 3.55. The molecule has 1 aromatic heterocycles. The van der Waals surface area contributed by atoms with Crippen LogP contribution in [0.2, 0.25) is 0 Å². The number of nitrogens with two attached hydrogens (primary N) is 1. The minimum absolute atomic E-state index is 0.0597. The van der Waals surface area contributed by atoms with Crippen LogP contribution in [0.4, 0.5) is 0 Å². The zero-order valence-electron chi connectivity index (χ0n) is 11.7. The second-order valence-corrected chi connectivity index (χ2v) is 5.91. The molecule has 20 heavy (non-hydrogen) atoms. The van der Waals surface area contributed by atoms with E-state index in [1.165, 1.54) is 32.1 Å². The van der Waals surface area contributed by atoms with Crippen LogP contribution in [0.15, 0.2) is 16.9 Å². The molecular formula is C15H22N3O2. The van der Waals surface area contributed by atoms with Crippen molar-refractivity contribution >= 4 is 5.91 Å². The van der Waals surface area contributed by atoms with Crippen molar-refractivity contribution in [2.24, 2.45) is 11.7 Å². The molecule has 2 heterocycles. The van der Waals surface area contributed by atoms with E-state index >= 15 is 0 Å². The maximum Gasteiger partial charge on any atom is 0.235 e. The van der Waals surface area contributed by atoms with Crippen LogP contribution in [-0.2, 0) is 4.79 Å². The van der Waals surface area contributed by atoms with E-state index < -0.39 is 0 Å². The monoisotopic (exact) mass is 276 g/mol. The van der Waals surface area contributed by atoms with Crippen LogP contribution in [0.3, 0.4) is 0 Å². The van der Waals surface area contributed by atoms with Gasteiger partial charge in [0, 0.05) is 6.54 Å². The standard InChI is InChI=1S/C15H22N3O2/c16-14(19)12-6-7-13(15-17-8-9-20-15)18(12)10-11-4-2-1-3-5-11/h6,8-9,11-13H,1-5,7,10H2,(H2,16,19)/t12?,13-/m0/s1. The Kier molecular flexibility index (Phi) is 4.05. The van der Waals surface area contributed by atoms with Crippen molar-refractivity contribution in [1.82, 2.24) is 9.88 Å². The Balaban J connectivity index is 1.74. The molecule has 2 atom stereocenters. The number of carbonyl (C=O) groups is 1. The Bertz CT molecular complexity index is 440. The molecule has 5 nitrogen and oxygen atoms in total. The van der Waals surface area contributed by atoms with Crippen LogP contribution in [-0.4, -0.2) is 28.4 Å². The Morgan fingerprint density at radius 3 is 2.85 bits per heavy atom. The number of rotatable bonds is 4. The van der Waals surface area contributed by atoms with E-state index in [1.54, 1.807) is 12.5 Å². The first-order chi connectivity index (χ1) is 9.75. The van der Waals surface area contributed by atoms with Gasteiger partial charge >= 0.3 is 0 Å². The summed E-state index contributed by atoms with van der Waals surface area (Å²) >= 11 is 0. The highest BCUT2D eigenvalue weighted by atomic mass is 16.3. The van der Waals surface area contributed by atoms with Gasteiger partial charge in [0.15, 0.2) is 0 Å². The lowest BCUT2D eigenvalue weighted by Gasteiger charge is -2.32. The Morgan fingerprint density at radius 1 is 1.40 bits per heavy atom. The van der Waals surface area contributed by atoms with Gasteiger partial charge in [0.2, 0.25) is 11.8 Å². The maximum atomic E-state index is 11.7. The molecule has 1 saturated heterocycles. The number of carbonyl (C=O) groups excluding carboxylic acids is 1. The van der Waals surface area contributed by atoms with Gasteiger partial charge < -0.3 is 10.2 Å². The number of nitrogens with zero attached hydrogens (tertiary/aromatic N) is 2. The molecule has 1 amide bonds. The molecule has 0 bridgehead atoms. The number of oxazole rings is 1. The van der Waals surface area contributed by atoms with Gasteiger partial charge in [-0.25, -0.2) is 4.98 Å². The summed E-state index contributed by atoms with van der Waals surface area (Å²) in [6.07, 6.45) is 12.5. The molecule has 1 aliphatic heterocycles. The Labute approximate surface area is 119 Å². The Hall–Kier alpha value is -1.36. The molecule has 0 spiro atoms. The summed E-state index contributed by atoms with van der Waals surface area (Å²) < 4.78 is 5.44. The molecule has 3 rings (SSSR count). The molecule has 1 saturated carbocycles. The highest BCUT2D eigenvalue weighted by molar-refractivity contribution is 5.81. The van der Waals surface area contributed by atoms with Gasteiger partial charge in [0.1, 0.15) is 6.26 Å². The quantitative estimate of drug-likeness (QED) is 0.913. The highest BCUT2D eigenvalue weighted by Crippen LogP contribution is 2.37. The summed E-state index contributed by atoms with van der Waals surface area (Å²) in [6, 6.07) is -0.224. The van der Waals surface area contributed by atoms with Crippen LogP contribution >= 0.6 is 0 Å². The van der Waals surface area contributed by atoms with E-state index in [9.17, 15) is 4.79 Å². The van der Waals surface area contributed by atoms with Gasteiger partial charge in [-0.15, -0.1) is 0 Å². The predicted molar refractivity (Wildman–Crippen MR) is 74.4 cm³/mol. The van der Waals surface area contributed by atoms with Crippen LogP contribution in [0.1, 0.15) is 50.5 Å². The predicted octanol–water partition coefficient (Wildman–Crippen LogP) is 2.06. The number of hydrogen-bond acceptors (Lipinski definition) is 4. The van der Waals surface area contributed by atoms with Gasteiger partial charge in [-0.05, 0) is 31.6 Å². The topological polar surface area (TPSA) is 72.4 Å².